The van der Waals surface area contributed by atoms with Crippen LogP contribution in [0.2, 0.25) is 5.02 Å². The maximum atomic E-state index is 14.3. The third kappa shape index (κ3) is 5.70. The topological polar surface area (TPSA) is 69.7 Å². The Hall–Kier alpha value is -1.71. The smallest absolute Gasteiger partial charge is 0.258 e. The van der Waals surface area contributed by atoms with E-state index in [1.807, 2.05) is 0 Å². The van der Waals surface area contributed by atoms with Crippen LogP contribution in [0.4, 0.5) is 10.1 Å². The zero-order valence-electron chi connectivity index (χ0n) is 16.5. The predicted octanol–water partition coefficient (Wildman–Crippen LogP) is 3.87. The second kappa shape index (κ2) is 10.5. The van der Waals surface area contributed by atoms with Gasteiger partial charge in [-0.05, 0) is 49.4 Å². The molecule has 6 nitrogen and oxygen atoms in total. The monoisotopic (exact) mass is 475 g/mol. The van der Waals surface area contributed by atoms with Crippen molar-refractivity contribution in [2.45, 2.75) is 18.2 Å². The summed E-state index contributed by atoms with van der Waals surface area (Å²) in [5.41, 5.74) is 0.0536. The number of amides is 1. The van der Waals surface area contributed by atoms with Gasteiger partial charge in [-0.3, -0.25) is 4.79 Å². The van der Waals surface area contributed by atoms with Crippen LogP contribution in [0, 0.1) is 5.82 Å². The molecule has 0 aliphatic carbocycles. The highest BCUT2D eigenvalue weighted by Crippen LogP contribution is 2.22. The first-order valence-electron chi connectivity index (χ1n) is 9.40. The Balaban J connectivity index is 0.00000320. The first kappa shape index (κ1) is 24.6. The Bertz CT molecular complexity index is 997. The van der Waals surface area contributed by atoms with E-state index in [-0.39, 0.29) is 22.9 Å². The van der Waals surface area contributed by atoms with E-state index >= 15 is 0 Å². The van der Waals surface area contributed by atoms with Crippen LogP contribution >= 0.6 is 24.0 Å². The van der Waals surface area contributed by atoms with Crippen LogP contribution in [-0.4, -0.2) is 56.3 Å². The van der Waals surface area contributed by atoms with Gasteiger partial charge in [-0.25, -0.2) is 12.8 Å². The van der Waals surface area contributed by atoms with Crippen molar-refractivity contribution in [3.05, 3.63) is 58.9 Å². The molecule has 1 aliphatic heterocycles. The number of nitrogens with zero attached hydrogens (tertiary/aromatic N) is 2. The number of carbonyl (C=O) groups excluding carboxylic acids is 1. The van der Waals surface area contributed by atoms with Crippen LogP contribution in [0.1, 0.15) is 23.7 Å². The minimum absolute atomic E-state index is 0. The summed E-state index contributed by atoms with van der Waals surface area (Å²) in [7, 11) is -3.81. The first-order chi connectivity index (χ1) is 13.8. The first-order valence-corrected chi connectivity index (χ1v) is 11.2. The van der Waals surface area contributed by atoms with Crippen molar-refractivity contribution in [1.82, 2.24) is 9.21 Å². The highest BCUT2D eigenvalue weighted by atomic mass is 35.5. The summed E-state index contributed by atoms with van der Waals surface area (Å²) >= 11 is 5.89. The summed E-state index contributed by atoms with van der Waals surface area (Å²) in [6.07, 6.45) is 1.01. The minimum atomic E-state index is -3.81. The van der Waals surface area contributed by atoms with E-state index in [1.165, 1.54) is 16.4 Å². The van der Waals surface area contributed by atoms with Crippen LogP contribution in [-0.2, 0) is 10.0 Å². The molecule has 0 bridgehead atoms. The standard InChI is InChI=1S/C20H23ClFN3O3S.ClH/c1-2-8-24-9-11-25(12-10-24)29(27,28)17-6-7-19(22)18(14-17)20(26)23-16-5-3-4-15(21)13-16;/h3-7,13-14H,2,8-12H2,1H3,(H,23,26);1H. The van der Waals surface area contributed by atoms with Gasteiger partial charge in [0.05, 0.1) is 10.5 Å². The summed E-state index contributed by atoms with van der Waals surface area (Å²) < 4.78 is 41.6. The summed E-state index contributed by atoms with van der Waals surface area (Å²) in [6, 6.07) is 9.71. The van der Waals surface area contributed by atoms with Crippen LogP contribution in [0.15, 0.2) is 47.4 Å². The highest BCUT2D eigenvalue weighted by Gasteiger charge is 2.29. The van der Waals surface area contributed by atoms with Gasteiger partial charge >= 0.3 is 0 Å². The SMILES string of the molecule is CCCN1CCN(S(=O)(=O)c2ccc(F)c(C(=O)Nc3cccc(Cl)c3)c2)CC1.Cl. The minimum Gasteiger partial charge on any atom is -0.322 e. The molecule has 164 valence electrons. The van der Waals surface area contributed by atoms with Gasteiger partial charge < -0.3 is 10.2 Å². The van der Waals surface area contributed by atoms with Crippen molar-refractivity contribution >= 4 is 45.6 Å². The van der Waals surface area contributed by atoms with Gasteiger partial charge in [-0.2, -0.15) is 4.31 Å². The van der Waals surface area contributed by atoms with Gasteiger partial charge in [0.1, 0.15) is 5.82 Å². The van der Waals surface area contributed by atoms with E-state index in [9.17, 15) is 17.6 Å². The third-order valence-corrected chi connectivity index (χ3v) is 6.90. The summed E-state index contributed by atoms with van der Waals surface area (Å²) in [5.74, 6) is -1.54. The Kier molecular flexibility index (Phi) is 8.63. The molecule has 0 spiro atoms. The van der Waals surface area contributed by atoms with Crippen molar-refractivity contribution < 1.29 is 17.6 Å². The molecule has 1 amide bonds. The number of anilines is 1. The molecule has 0 aromatic heterocycles. The van der Waals surface area contributed by atoms with Gasteiger partial charge in [0.25, 0.3) is 5.91 Å². The van der Waals surface area contributed by atoms with E-state index in [2.05, 4.69) is 17.1 Å². The van der Waals surface area contributed by atoms with E-state index < -0.39 is 21.7 Å². The van der Waals surface area contributed by atoms with Gasteiger partial charge in [0.15, 0.2) is 0 Å². The van der Waals surface area contributed by atoms with Crippen molar-refractivity contribution in [2.24, 2.45) is 0 Å². The lowest BCUT2D eigenvalue weighted by atomic mass is 10.2. The van der Waals surface area contributed by atoms with Gasteiger partial charge in [-0.15, -0.1) is 12.4 Å². The van der Waals surface area contributed by atoms with Crippen LogP contribution in [0.3, 0.4) is 0 Å². The Morgan fingerprint density at radius 2 is 1.83 bits per heavy atom. The Morgan fingerprint density at radius 3 is 2.47 bits per heavy atom. The maximum absolute atomic E-state index is 14.3. The van der Waals surface area contributed by atoms with Crippen LogP contribution in [0.5, 0.6) is 0 Å². The third-order valence-electron chi connectivity index (χ3n) is 4.77. The molecular formula is C20H24Cl2FN3O3S. The summed E-state index contributed by atoms with van der Waals surface area (Å²) in [5, 5.41) is 2.96. The lowest BCUT2D eigenvalue weighted by molar-refractivity contribution is 0.102. The van der Waals surface area contributed by atoms with E-state index in [4.69, 9.17) is 11.6 Å². The molecule has 30 heavy (non-hydrogen) atoms. The molecule has 1 fully saturated rings. The Labute approximate surface area is 187 Å². The van der Waals surface area contributed by atoms with Gasteiger partial charge in [0, 0.05) is 36.9 Å². The molecule has 10 heteroatoms. The second-order valence-corrected chi connectivity index (χ2v) is 9.23. The average molecular weight is 476 g/mol. The number of sulfonamides is 1. The molecule has 0 radical (unpaired) electrons. The van der Waals surface area contributed by atoms with Crippen LogP contribution < -0.4 is 5.32 Å². The molecule has 1 N–H and O–H groups in total. The Morgan fingerprint density at radius 1 is 1.13 bits per heavy atom. The number of rotatable bonds is 6. The lowest BCUT2D eigenvalue weighted by Crippen LogP contribution is -2.48. The second-order valence-electron chi connectivity index (χ2n) is 6.85. The fourth-order valence-electron chi connectivity index (χ4n) is 3.26. The molecule has 1 aliphatic rings. The number of hydrogen-bond acceptors (Lipinski definition) is 4. The molecular weight excluding hydrogens is 452 g/mol. The lowest BCUT2D eigenvalue weighted by Gasteiger charge is -2.33. The molecule has 2 aromatic rings. The molecule has 2 aromatic carbocycles. The van der Waals surface area contributed by atoms with Crippen molar-refractivity contribution in [2.75, 3.05) is 38.0 Å². The quantitative estimate of drug-likeness (QED) is 0.688. The zero-order valence-corrected chi connectivity index (χ0v) is 18.9. The van der Waals surface area contributed by atoms with Gasteiger partial charge in [0.2, 0.25) is 10.0 Å². The van der Waals surface area contributed by atoms with Crippen molar-refractivity contribution in [3.8, 4) is 0 Å². The number of halogens is 3. The summed E-state index contributed by atoms with van der Waals surface area (Å²) in [4.78, 5) is 14.6. The van der Waals surface area contributed by atoms with Crippen LogP contribution in [0.25, 0.3) is 0 Å². The maximum Gasteiger partial charge on any atom is 0.258 e. The normalized spacial score (nSPS) is 15.4. The fraction of sp³-hybridized carbons (Fsp3) is 0.350. The van der Waals surface area contributed by atoms with E-state index in [1.54, 1.807) is 18.2 Å². The number of carbonyl (C=O) groups is 1. The largest absolute Gasteiger partial charge is 0.322 e. The number of hydrogen-bond donors (Lipinski definition) is 1. The van der Waals surface area contributed by atoms with E-state index in [0.29, 0.717) is 36.9 Å². The molecule has 1 saturated heterocycles. The molecule has 0 atom stereocenters. The zero-order chi connectivity index (χ0) is 21.0. The fourth-order valence-corrected chi connectivity index (χ4v) is 4.90. The van der Waals surface area contributed by atoms with E-state index in [0.717, 1.165) is 25.1 Å². The molecule has 1 heterocycles. The van der Waals surface area contributed by atoms with Gasteiger partial charge in [-0.1, -0.05) is 24.6 Å². The molecule has 0 unspecified atom stereocenters. The van der Waals surface area contributed by atoms with Crippen molar-refractivity contribution in [3.63, 3.8) is 0 Å². The highest BCUT2D eigenvalue weighted by molar-refractivity contribution is 7.89. The average Bonchev–Trinajstić information content (AvgIpc) is 2.69. The number of piperazine rings is 1. The van der Waals surface area contributed by atoms with Crippen molar-refractivity contribution in [1.29, 1.82) is 0 Å². The summed E-state index contributed by atoms with van der Waals surface area (Å²) in [6.45, 7) is 5.04. The number of nitrogens with one attached hydrogen (secondary N) is 1. The predicted molar refractivity (Wildman–Crippen MR) is 119 cm³/mol. The molecule has 3 rings (SSSR count). The molecule has 0 saturated carbocycles. The number of benzene rings is 2.